The van der Waals surface area contributed by atoms with E-state index in [1.807, 2.05) is 20.8 Å². The van der Waals surface area contributed by atoms with Gasteiger partial charge in [0.15, 0.2) is 0 Å². The molecule has 0 N–H and O–H groups in total. The molecule has 0 aliphatic rings. The standard InChI is InChI=1S/C6H11FO.C2H6/c1-2-5-8-6-3-4-7;1-2/h3-4H,2,5-6H2,1H3;1-2H3/b4-3+;. The molecular weight excluding hydrogens is 131 g/mol. The first kappa shape index (κ1) is 12.3. The van der Waals surface area contributed by atoms with Crippen LogP contribution in [-0.2, 0) is 4.74 Å². The van der Waals surface area contributed by atoms with Crippen LogP contribution in [0.25, 0.3) is 0 Å². The zero-order valence-corrected chi connectivity index (χ0v) is 7.06. The van der Waals surface area contributed by atoms with Crippen LogP contribution in [-0.4, -0.2) is 13.2 Å². The van der Waals surface area contributed by atoms with E-state index in [-0.39, 0.29) is 0 Å². The van der Waals surface area contributed by atoms with Crippen molar-refractivity contribution in [2.75, 3.05) is 13.2 Å². The summed E-state index contributed by atoms with van der Waals surface area (Å²) in [4.78, 5) is 0. The zero-order chi connectivity index (χ0) is 8.24. The molecule has 0 rings (SSSR count). The monoisotopic (exact) mass is 148 g/mol. The molecule has 0 radical (unpaired) electrons. The van der Waals surface area contributed by atoms with E-state index in [1.165, 1.54) is 6.08 Å². The average molecular weight is 148 g/mol. The molecule has 0 aliphatic carbocycles. The highest BCUT2D eigenvalue weighted by Crippen LogP contribution is 1.80. The van der Waals surface area contributed by atoms with E-state index in [9.17, 15) is 4.39 Å². The van der Waals surface area contributed by atoms with Crippen molar-refractivity contribution in [3.05, 3.63) is 12.4 Å². The highest BCUT2D eigenvalue weighted by molar-refractivity contribution is 4.70. The lowest BCUT2D eigenvalue weighted by molar-refractivity contribution is 0.162. The molecule has 0 bridgehead atoms. The summed E-state index contributed by atoms with van der Waals surface area (Å²) < 4.78 is 16.1. The Balaban J connectivity index is 0. The van der Waals surface area contributed by atoms with Crippen molar-refractivity contribution in [2.45, 2.75) is 27.2 Å². The predicted molar refractivity (Wildman–Crippen MR) is 42.7 cm³/mol. The van der Waals surface area contributed by atoms with Gasteiger partial charge in [-0.25, -0.2) is 4.39 Å². The van der Waals surface area contributed by atoms with E-state index in [4.69, 9.17) is 4.74 Å². The molecule has 0 fully saturated rings. The summed E-state index contributed by atoms with van der Waals surface area (Å²) in [6, 6.07) is 0. The van der Waals surface area contributed by atoms with E-state index in [1.54, 1.807) is 0 Å². The fourth-order valence-corrected chi connectivity index (χ4v) is 0.332. The molecule has 10 heavy (non-hydrogen) atoms. The third kappa shape index (κ3) is 15.6. The lowest BCUT2D eigenvalue weighted by Crippen LogP contribution is -1.90. The van der Waals surface area contributed by atoms with Gasteiger partial charge in [0.25, 0.3) is 0 Å². The van der Waals surface area contributed by atoms with E-state index in [0.29, 0.717) is 19.5 Å². The van der Waals surface area contributed by atoms with Crippen LogP contribution in [0.4, 0.5) is 4.39 Å². The van der Waals surface area contributed by atoms with Crippen LogP contribution in [0.15, 0.2) is 12.4 Å². The van der Waals surface area contributed by atoms with E-state index >= 15 is 0 Å². The fraction of sp³-hybridized carbons (Fsp3) is 0.750. The summed E-state index contributed by atoms with van der Waals surface area (Å²) >= 11 is 0. The Morgan fingerprint density at radius 1 is 1.40 bits per heavy atom. The summed E-state index contributed by atoms with van der Waals surface area (Å²) in [5.41, 5.74) is 0. The van der Waals surface area contributed by atoms with Gasteiger partial charge in [-0.15, -0.1) is 0 Å². The fourth-order valence-electron chi connectivity index (χ4n) is 0.332. The second kappa shape index (κ2) is 15.9. The molecule has 0 saturated carbocycles. The zero-order valence-electron chi connectivity index (χ0n) is 7.06. The second-order valence-electron chi connectivity index (χ2n) is 1.44. The van der Waals surface area contributed by atoms with Crippen LogP contribution in [0.2, 0.25) is 0 Å². The van der Waals surface area contributed by atoms with Gasteiger partial charge in [-0.2, -0.15) is 0 Å². The van der Waals surface area contributed by atoms with Crippen molar-refractivity contribution in [2.24, 2.45) is 0 Å². The lowest BCUT2D eigenvalue weighted by Gasteiger charge is -1.93. The Kier molecular flexibility index (Phi) is 19.5. The Morgan fingerprint density at radius 2 is 2.00 bits per heavy atom. The van der Waals surface area contributed by atoms with Gasteiger partial charge < -0.3 is 4.74 Å². The van der Waals surface area contributed by atoms with Crippen LogP contribution in [0.1, 0.15) is 27.2 Å². The molecular formula is C8H17FO. The minimum atomic E-state index is 0.393. The molecule has 0 spiro atoms. The van der Waals surface area contributed by atoms with Crippen molar-refractivity contribution in [1.29, 1.82) is 0 Å². The van der Waals surface area contributed by atoms with E-state index in [2.05, 4.69) is 0 Å². The molecule has 0 aromatic rings. The summed E-state index contributed by atoms with van der Waals surface area (Å²) in [7, 11) is 0. The van der Waals surface area contributed by atoms with Gasteiger partial charge >= 0.3 is 0 Å². The largest absolute Gasteiger partial charge is 0.377 e. The topological polar surface area (TPSA) is 9.23 Å². The minimum absolute atomic E-state index is 0.393. The average Bonchev–Trinajstić information content (AvgIpc) is 2.02. The summed E-state index contributed by atoms with van der Waals surface area (Å²) in [5.74, 6) is 0. The van der Waals surface area contributed by atoms with Crippen LogP contribution < -0.4 is 0 Å². The Labute approximate surface area is 62.9 Å². The summed E-state index contributed by atoms with van der Waals surface area (Å²) in [5, 5.41) is 0. The van der Waals surface area contributed by atoms with Crippen LogP contribution >= 0.6 is 0 Å². The van der Waals surface area contributed by atoms with Crippen molar-refractivity contribution in [3.8, 4) is 0 Å². The minimum Gasteiger partial charge on any atom is -0.377 e. The van der Waals surface area contributed by atoms with Gasteiger partial charge in [-0.3, -0.25) is 0 Å². The molecule has 0 amide bonds. The van der Waals surface area contributed by atoms with Crippen LogP contribution in [0, 0.1) is 0 Å². The maximum atomic E-state index is 11.2. The first-order valence-corrected chi connectivity index (χ1v) is 3.74. The number of halogens is 1. The van der Waals surface area contributed by atoms with Crippen molar-refractivity contribution >= 4 is 0 Å². The molecule has 0 unspecified atom stereocenters. The Bertz CT molecular complexity index is 62.3. The lowest BCUT2D eigenvalue weighted by atomic mass is 10.5. The van der Waals surface area contributed by atoms with Crippen LogP contribution in [0.3, 0.4) is 0 Å². The molecule has 0 aromatic carbocycles. The number of hydrogen-bond acceptors (Lipinski definition) is 1. The number of ether oxygens (including phenoxy) is 1. The first-order valence-electron chi connectivity index (χ1n) is 3.74. The summed E-state index contributed by atoms with van der Waals surface area (Å²) in [6.07, 6.45) is 2.82. The molecule has 0 atom stereocenters. The third-order valence-electron chi connectivity index (χ3n) is 0.652. The molecule has 0 aromatic heterocycles. The maximum absolute atomic E-state index is 11.2. The van der Waals surface area contributed by atoms with Gasteiger partial charge in [0.05, 0.1) is 12.9 Å². The summed E-state index contributed by atoms with van der Waals surface area (Å²) in [6.45, 7) is 7.12. The number of rotatable bonds is 4. The van der Waals surface area contributed by atoms with Gasteiger partial charge in [0.1, 0.15) is 0 Å². The van der Waals surface area contributed by atoms with Crippen LogP contribution in [0.5, 0.6) is 0 Å². The predicted octanol–water partition coefficient (Wildman–Crippen LogP) is 2.92. The SMILES string of the molecule is CC.CCCOC/C=C/F. The smallest absolute Gasteiger partial charge is 0.0849 e. The van der Waals surface area contributed by atoms with Crippen molar-refractivity contribution < 1.29 is 9.13 Å². The maximum Gasteiger partial charge on any atom is 0.0849 e. The van der Waals surface area contributed by atoms with Crippen molar-refractivity contribution in [3.63, 3.8) is 0 Å². The highest BCUT2D eigenvalue weighted by atomic mass is 19.1. The molecule has 0 aliphatic heterocycles. The number of hydrogen-bond donors (Lipinski definition) is 0. The quantitative estimate of drug-likeness (QED) is 0.557. The first-order chi connectivity index (χ1) is 4.91. The second-order valence-corrected chi connectivity index (χ2v) is 1.44. The van der Waals surface area contributed by atoms with Crippen molar-refractivity contribution in [1.82, 2.24) is 0 Å². The van der Waals surface area contributed by atoms with Gasteiger partial charge in [-0.1, -0.05) is 20.8 Å². The molecule has 0 saturated heterocycles. The molecule has 62 valence electrons. The molecule has 2 heteroatoms. The normalized spacial score (nSPS) is 9.20. The highest BCUT2D eigenvalue weighted by Gasteiger charge is 1.77. The van der Waals surface area contributed by atoms with E-state index in [0.717, 1.165) is 6.42 Å². The third-order valence-corrected chi connectivity index (χ3v) is 0.652. The van der Waals surface area contributed by atoms with Gasteiger partial charge in [0, 0.05) is 6.61 Å². The van der Waals surface area contributed by atoms with Gasteiger partial charge in [0.2, 0.25) is 0 Å². The molecule has 0 heterocycles. The van der Waals surface area contributed by atoms with E-state index < -0.39 is 0 Å². The van der Waals surface area contributed by atoms with Gasteiger partial charge in [-0.05, 0) is 12.5 Å². The Hall–Kier alpha value is -0.370. The molecule has 1 nitrogen and oxygen atoms in total. The Morgan fingerprint density at radius 3 is 2.40 bits per heavy atom.